The minimum atomic E-state index is -0.223. The summed E-state index contributed by atoms with van der Waals surface area (Å²) in [5.74, 6) is 0.865. The van der Waals surface area contributed by atoms with E-state index < -0.39 is 0 Å². The summed E-state index contributed by atoms with van der Waals surface area (Å²) in [6, 6.07) is 11.0. The Kier molecular flexibility index (Phi) is 3.73. The zero-order valence-corrected chi connectivity index (χ0v) is 11.8. The summed E-state index contributed by atoms with van der Waals surface area (Å²) < 4.78 is 5.13. The van der Waals surface area contributed by atoms with Crippen LogP contribution in [0.4, 0.5) is 0 Å². The molecule has 0 saturated heterocycles. The second-order valence-electron chi connectivity index (χ2n) is 4.93. The van der Waals surface area contributed by atoms with Crippen molar-refractivity contribution in [2.75, 3.05) is 0 Å². The van der Waals surface area contributed by atoms with Gasteiger partial charge in [-0.15, -0.1) is 0 Å². The zero-order valence-electron chi connectivity index (χ0n) is 11.8. The van der Waals surface area contributed by atoms with Gasteiger partial charge in [0.1, 0.15) is 5.82 Å². The molecule has 1 atom stereocenters. The summed E-state index contributed by atoms with van der Waals surface area (Å²) >= 11 is 0. The Labute approximate surface area is 122 Å². The van der Waals surface area contributed by atoms with Crippen LogP contribution in [0.1, 0.15) is 42.2 Å². The molecule has 5 heteroatoms. The van der Waals surface area contributed by atoms with Crippen molar-refractivity contribution < 1.29 is 9.21 Å². The number of fused-ring (bicyclic) bond motifs is 1. The van der Waals surface area contributed by atoms with Crippen LogP contribution in [0.25, 0.3) is 11.0 Å². The van der Waals surface area contributed by atoms with Crippen LogP contribution < -0.4 is 5.32 Å². The van der Waals surface area contributed by atoms with E-state index in [1.807, 2.05) is 24.3 Å². The van der Waals surface area contributed by atoms with E-state index in [1.165, 1.54) is 6.26 Å². The fourth-order valence-electron chi connectivity index (χ4n) is 2.34. The van der Waals surface area contributed by atoms with Crippen LogP contribution in [0, 0.1) is 0 Å². The quantitative estimate of drug-likeness (QED) is 0.753. The largest absolute Gasteiger partial charge is 0.459 e. The molecule has 108 valence electrons. The van der Waals surface area contributed by atoms with Crippen molar-refractivity contribution in [2.24, 2.45) is 0 Å². The number of amides is 1. The lowest BCUT2D eigenvalue weighted by molar-refractivity contribution is 0.0904. The van der Waals surface area contributed by atoms with Crippen molar-refractivity contribution in [2.45, 2.75) is 25.8 Å². The Morgan fingerprint density at radius 2 is 2.19 bits per heavy atom. The fraction of sp³-hybridized carbons (Fsp3) is 0.250. The van der Waals surface area contributed by atoms with Crippen molar-refractivity contribution in [3.63, 3.8) is 0 Å². The number of nitrogens with zero attached hydrogens (tertiary/aromatic N) is 1. The molecule has 2 aromatic heterocycles. The number of aromatic amines is 1. The maximum absolute atomic E-state index is 12.1. The molecule has 0 aliphatic carbocycles. The summed E-state index contributed by atoms with van der Waals surface area (Å²) in [6.45, 7) is 2.08. The highest BCUT2D eigenvalue weighted by atomic mass is 16.3. The number of H-pyrrole nitrogens is 1. The number of carbonyl (C=O) groups is 1. The van der Waals surface area contributed by atoms with E-state index in [2.05, 4.69) is 22.2 Å². The average molecular weight is 283 g/mol. The molecular formula is C16H17N3O2. The van der Waals surface area contributed by atoms with Crippen LogP contribution in [0.2, 0.25) is 0 Å². The van der Waals surface area contributed by atoms with E-state index in [0.717, 1.165) is 29.7 Å². The second kappa shape index (κ2) is 5.83. The minimum Gasteiger partial charge on any atom is -0.459 e. The minimum absolute atomic E-state index is 0.153. The second-order valence-corrected chi connectivity index (χ2v) is 4.93. The summed E-state index contributed by atoms with van der Waals surface area (Å²) in [7, 11) is 0. The van der Waals surface area contributed by atoms with Crippen LogP contribution >= 0.6 is 0 Å². The highest BCUT2D eigenvalue weighted by molar-refractivity contribution is 5.91. The monoisotopic (exact) mass is 283 g/mol. The number of furan rings is 1. The molecule has 0 unspecified atom stereocenters. The number of hydrogen-bond donors (Lipinski definition) is 2. The molecule has 0 spiro atoms. The molecule has 0 aliphatic heterocycles. The topological polar surface area (TPSA) is 70.9 Å². The SMILES string of the molecule is CCC[C@@H](NC(=O)c1ccco1)c1nc2ccccc2[nH]1. The molecule has 3 aromatic rings. The molecule has 5 nitrogen and oxygen atoms in total. The number of carbonyl (C=O) groups excluding carboxylic acids is 1. The molecule has 1 amide bonds. The summed E-state index contributed by atoms with van der Waals surface area (Å²) in [4.78, 5) is 20.0. The lowest BCUT2D eigenvalue weighted by Gasteiger charge is -2.14. The molecule has 0 aliphatic rings. The molecule has 2 heterocycles. The predicted molar refractivity (Wildman–Crippen MR) is 79.9 cm³/mol. The van der Waals surface area contributed by atoms with Crippen molar-refractivity contribution in [3.05, 3.63) is 54.2 Å². The van der Waals surface area contributed by atoms with Crippen LogP contribution in [0.5, 0.6) is 0 Å². The van der Waals surface area contributed by atoms with E-state index in [9.17, 15) is 4.79 Å². The molecular weight excluding hydrogens is 266 g/mol. The Bertz CT molecular complexity index is 698. The van der Waals surface area contributed by atoms with Crippen LogP contribution in [-0.2, 0) is 0 Å². The summed E-state index contributed by atoms with van der Waals surface area (Å²) in [5.41, 5.74) is 1.88. The summed E-state index contributed by atoms with van der Waals surface area (Å²) in [5, 5.41) is 2.97. The molecule has 0 fully saturated rings. The van der Waals surface area contributed by atoms with Gasteiger partial charge in [0.25, 0.3) is 5.91 Å². The van der Waals surface area contributed by atoms with Crippen molar-refractivity contribution in [1.29, 1.82) is 0 Å². The van der Waals surface area contributed by atoms with Gasteiger partial charge in [-0.2, -0.15) is 0 Å². The fourth-order valence-corrected chi connectivity index (χ4v) is 2.34. The highest BCUT2D eigenvalue weighted by Gasteiger charge is 2.19. The predicted octanol–water partition coefficient (Wildman–Crippen LogP) is 3.43. The van der Waals surface area contributed by atoms with Gasteiger partial charge >= 0.3 is 0 Å². The number of hydrogen-bond acceptors (Lipinski definition) is 3. The maximum Gasteiger partial charge on any atom is 0.287 e. The van der Waals surface area contributed by atoms with Gasteiger partial charge in [-0.1, -0.05) is 25.5 Å². The Hall–Kier alpha value is -2.56. The van der Waals surface area contributed by atoms with Crippen LogP contribution in [0.15, 0.2) is 47.1 Å². The van der Waals surface area contributed by atoms with Crippen LogP contribution in [-0.4, -0.2) is 15.9 Å². The third-order valence-electron chi connectivity index (χ3n) is 3.37. The lowest BCUT2D eigenvalue weighted by Crippen LogP contribution is -2.28. The zero-order chi connectivity index (χ0) is 14.7. The third-order valence-corrected chi connectivity index (χ3v) is 3.37. The summed E-state index contributed by atoms with van der Waals surface area (Å²) in [6.07, 6.45) is 3.25. The van der Waals surface area contributed by atoms with Gasteiger partial charge in [0, 0.05) is 0 Å². The van der Waals surface area contributed by atoms with Gasteiger partial charge in [0.15, 0.2) is 5.76 Å². The normalized spacial score (nSPS) is 12.4. The number of imidazole rings is 1. The molecule has 0 bridgehead atoms. The van der Waals surface area contributed by atoms with E-state index in [-0.39, 0.29) is 11.9 Å². The van der Waals surface area contributed by atoms with Gasteiger partial charge in [0.05, 0.1) is 23.3 Å². The standard InChI is InChI=1S/C16H17N3O2/c1-2-6-13(19-16(20)14-9-5-10-21-14)15-17-11-7-3-4-8-12(11)18-15/h3-5,7-10,13H,2,6H2,1H3,(H,17,18)(H,19,20)/t13-/m1/s1. The van der Waals surface area contributed by atoms with Gasteiger partial charge < -0.3 is 14.7 Å². The third kappa shape index (κ3) is 2.81. The average Bonchev–Trinajstić information content (AvgIpc) is 3.15. The number of aromatic nitrogens is 2. The Morgan fingerprint density at radius 1 is 1.33 bits per heavy atom. The first-order valence-electron chi connectivity index (χ1n) is 7.07. The maximum atomic E-state index is 12.1. The van der Waals surface area contributed by atoms with E-state index >= 15 is 0 Å². The molecule has 0 saturated carbocycles. The first-order valence-corrected chi connectivity index (χ1v) is 7.07. The van der Waals surface area contributed by atoms with Gasteiger partial charge in [-0.05, 0) is 30.7 Å². The Morgan fingerprint density at radius 3 is 2.90 bits per heavy atom. The van der Waals surface area contributed by atoms with Crippen molar-refractivity contribution in [3.8, 4) is 0 Å². The first kappa shape index (κ1) is 13.4. The van der Waals surface area contributed by atoms with Crippen LogP contribution in [0.3, 0.4) is 0 Å². The first-order chi connectivity index (χ1) is 10.3. The van der Waals surface area contributed by atoms with Gasteiger partial charge in [-0.25, -0.2) is 4.98 Å². The van der Waals surface area contributed by atoms with Crippen molar-refractivity contribution in [1.82, 2.24) is 15.3 Å². The number of para-hydroxylation sites is 2. The molecule has 21 heavy (non-hydrogen) atoms. The number of rotatable bonds is 5. The van der Waals surface area contributed by atoms with Gasteiger partial charge in [-0.3, -0.25) is 4.79 Å². The molecule has 1 aromatic carbocycles. The molecule has 0 radical (unpaired) electrons. The smallest absolute Gasteiger partial charge is 0.287 e. The van der Waals surface area contributed by atoms with E-state index in [1.54, 1.807) is 12.1 Å². The number of nitrogens with one attached hydrogen (secondary N) is 2. The lowest BCUT2D eigenvalue weighted by atomic mass is 10.1. The van der Waals surface area contributed by atoms with Gasteiger partial charge in [0.2, 0.25) is 0 Å². The van der Waals surface area contributed by atoms with E-state index in [0.29, 0.717) is 5.76 Å². The molecule has 3 rings (SSSR count). The van der Waals surface area contributed by atoms with Crippen molar-refractivity contribution >= 4 is 16.9 Å². The molecule has 2 N–H and O–H groups in total. The van der Waals surface area contributed by atoms with E-state index in [4.69, 9.17) is 4.42 Å². The number of benzene rings is 1. The Balaban J connectivity index is 1.85. The highest BCUT2D eigenvalue weighted by Crippen LogP contribution is 2.20.